The number of aromatic nitrogens is 1. The molecule has 3 nitrogen and oxygen atoms in total. The molecule has 1 aromatic rings. The Hall–Kier alpha value is -1.16. The first-order chi connectivity index (χ1) is 7.16. The Labute approximate surface area is 90.3 Å². The maximum atomic E-state index is 11.3. The lowest BCUT2D eigenvalue weighted by Crippen LogP contribution is -2.21. The predicted octanol–water partition coefficient (Wildman–Crippen LogP) is 0.604. The molecule has 15 heavy (non-hydrogen) atoms. The number of ether oxygens (including phenoxy) is 1. The van der Waals surface area contributed by atoms with Gasteiger partial charge >= 0.3 is 0 Å². The van der Waals surface area contributed by atoms with Crippen molar-refractivity contribution >= 4 is 19.2 Å². The van der Waals surface area contributed by atoms with E-state index in [-0.39, 0.29) is 11.9 Å². The van der Waals surface area contributed by atoms with Crippen LogP contribution in [0.4, 0.5) is 0 Å². The smallest absolute Gasteiger partial charge is 0.141 e. The first-order valence-corrected chi connectivity index (χ1v) is 5.03. The van der Waals surface area contributed by atoms with Crippen molar-refractivity contribution in [2.24, 2.45) is 0 Å². The summed E-state index contributed by atoms with van der Waals surface area (Å²) in [5.41, 5.74) is 2.31. The lowest BCUT2D eigenvalue weighted by Gasteiger charge is -2.23. The summed E-state index contributed by atoms with van der Waals surface area (Å²) in [5.74, 6) is 0.252. The van der Waals surface area contributed by atoms with Gasteiger partial charge in [0.1, 0.15) is 13.6 Å². The summed E-state index contributed by atoms with van der Waals surface area (Å²) in [5, 5.41) is 0. The molecule has 1 aliphatic heterocycles. The average molecular weight is 201 g/mol. The van der Waals surface area contributed by atoms with Crippen molar-refractivity contribution in [1.29, 1.82) is 0 Å². The number of rotatable bonds is 1. The fourth-order valence-corrected chi connectivity index (χ4v) is 1.81. The monoisotopic (exact) mass is 201 g/mol. The molecular formula is C11H12BNO2. The van der Waals surface area contributed by atoms with Crippen LogP contribution in [-0.2, 0) is 9.53 Å². The Morgan fingerprint density at radius 2 is 2.33 bits per heavy atom. The Bertz CT molecular complexity index is 392. The van der Waals surface area contributed by atoms with E-state index in [1.165, 1.54) is 0 Å². The van der Waals surface area contributed by atoms with Crippen LogP contribution in [0.5, 0.6) is 0 Å². The fraction of sp³-hybridized carbons (Fsp3) is 0.455. The zero-order chi connectivity index (χ0) is 10.8. The van der Waals surface area contributed by atoms with E-state index in [0.29, 0.717) is 25.0 Å². The van der Waals surface area contributed by atoms with Crippen LogP contribution in [0.25, 0.3) is 0 Å². The molecule has 1 unspecified atom stereocenters. The number of carbonyl (C=O) groups excluding carboxylic acids is 1. The lowest BCUT2D eigenvalue weighted by atomic mass is 9.96. The van der Waals surface area contributed by atoms with E-state index in [2.05, 4.69) is 4.98 Å². The molecule has 2 rings (SSSR count). The van der Waals surface area contributed by atoms with Crippen molar-refractivity contribution in [1.82, 2.24) is 4.98 Å². The first-order valence-electron chi connectivity index (χ1n) is 5.03. The van der Waals surface area contributed by atoms with Gasteiger partial charge in [0, 0.05) is 24.1 Å². The van der Waals surface area contributed by atoms with Gasteiger partial charge in [-0.05, 0) is 12.5 Å². The molecule has 2 radical (unpaired) electrons. The van der Waals surface area contributed by atoms with Gasteiger partial charge in [-0.2, -0.15) is 0 Å². The minimum atomic E-state index is -0.139. The van der Waals surface area contributed by atoms with Crippen molar-refractivity contribution in [2.75, 3.05) is 6.61 Å². The Kier molecular flexibility index (Phi) is 2.87. The van der Waals surface area contributed by atoms with Crippen LogP contribution in [0, 0.1) is 6.92 Å². The van der Waals surface area contributed by atoms with Crippen LogP contribution in [0.2, 0.25) is 0 Å². The van der Waals surface area contributed by atoms with Gasteiger partial charge in [0.2, 0.25) is 0 Å². The Balaban J connectivity index is 2.24. The molecule has 1 saturated heterocycles. The third kappa shape index (κ3) is 2.26. The number of pyridine rings is 1. The van der Waals surface area contributed by atoms with Crippen molar-refractivity contribution in [2.45, 2.75) is 25.9 Å². The van der Waals surface area contributed by atoms with Crippen LogP contribution in [-0.4, -0.2) is 25.2 Å². The molecule has 0 amide bonds. The highest BCUT2D eigenvalue weighted by Crippen LogP contribution is 2.26. The lowest BCUT2D eigenvalue weighted by molar-refractivity contribution is -0.128. The van der Waals surface area contributed by atoms with E-state index in [9.17, 15) is 4.79 Å². The summed E-state index contributed by atoms with van der Waals surface area (Å²) in [6.07, 6.45) is 0.837. The van der Waals surface area contributed by atoms with E-state index in [4.69, 9.17) is 12.6 Å². The van der Waals surface area contributed by atoms with Gasteiger partial charge < -0.3 is 4.74 Å². The van der Waals surface area contributed by atoms with Crippen molar-refractivity contribution in [3.8, 4) is 0 Å². The SMILES string of the molecule is [B]c1ccc(C2CC(=O)CCO2)c(C)n1. The van der Waals surface area contributed by atoms with Crippen molar-refractivity contribution in [3.05, 3.63) is 23.4 Å². The van der Waals surface area contributed by atoms with E-state index in [0.717, 1.165) is 11.3 Å². The number of Topliss-reactive ketones (excluding diaryl/α,β-unsaturated/α-hetero) is 1. The third-order valence-corrected chi connectivity index (χ3v) is 2.61. The number of hydrogen-bond donors (Lipinski definition) is 0. The van der Waals surface area contributed by atoms with Crippen LogP contribution >= 0.6 is 0 Å². The summed E-state index contributed by atoms with van der Waals surface area (Å²) in [6, 6.07) is 3.63. The summed E-state index contributed by atoms with van der Waals surface area (Å²) < 4.78 is 5.55. The van der Waals surface area contributed by atoms with Crippen LogP contribution in [0.1, 0.15) is 30.2 Å². The quantitative estimate of drug-likeness (QED) is 0.624. The topological polar surface area (TPSA) is 39.2 Å². The minimum Gasteiger partial charge on any atom is -0.373 e. The molecule has 0 bridgehead atoms. The molecule has 0 saturated carbocycles. The van der Waals surface area contributed by atoms with Gasteiger partial charge in [-0.1, -0.05) is 12.1 Å². The number of ketones is 1. The molecular weight excluding hydrogens is 189 g/mol. The normalized spacial score (nSPS) is 21.7. The van der Waals surface area contributed by atoms with Crippen LogP contribution in [0.3, 0.4) is 0 Å². The number of hydrogen-bond acceptors (Lipinski definition) is 3. The van der Waals surface area contributed by atoms with E-state index in [1.54, 1.807) is 6.07 Å². The van der Waals surface area contributed by atoms with E-state index < -0.39 is 0 Å². The fourth-order valence-electron chi connectivity index (χ4n) is 1.81. The van der Waals surface area contributed by atoms with E-state index in [1.807, 2.05) is 13.0 Å². The molecule has 2 heterocycles. The predicted molar refractivity (Wildman–Crippen MR) is 57.3 cm³/mol. The van der Waals surface area contributed by atoms with Gasteiger partial charge in [0.15, 0.2) is 0 Å². The van der Waals surface area contributed by atoms with Gasteiger partial charge in [-0.25, -0.2) is 0 Å². The van der Waals surface area contributed by atoms with Crippen molar-refractivity contribution < 1.29 is 9.53 Å². The molecule has 0 N–H and O–H groups in total. The molecule has 1 aliphatic rings. The zero-order valence-corrected chi connectivity index (χ0v) is 8.69. The third-order valence-electron chi connectivity index (χ3n) is 2.61. The zero-order valence-electron chi connectivity index (χ0n) is 8.69. The Morgan fingerprint density at radius 1 is 1.53 bits per heavy atom. The number of aryl methyl sites for hydroxylation is 1. The van der Waals surface area contributed by atoms with E-state index >= 15 is 0 Å². The largest absolute Gasteiger partial charge is 0.373 e. The molecule has 4 heteroatoms. The molecule has 1 atom stereocenters. The van der Waals surface area contributed by atoms with Gasteiger partial charge in [0.25, 0.3) is 0 Å². The molecule has 0 aromatic carbocycles. The number of carbonyl (C=O) groups is 1. The summed E-state index contributed by atoms with van der Waals surface area (Å²) in [7, 11) is 5.57. The number of nitrogens with zero attached hydrogens (tertiary/aromatic N) is 1. The maximum Gasteiger partial charge on any atom is 0.141 e. The maximum absolute atomic E-state index is 11.3. The highest BCUT2D eigenvalue weighted by atomic mass is 16.5. The second-order valence-electron chi connectivity index (χ2n) is 3.76. The first kappa shape index (κ1) is 10.4. The molecule has 0 aliphatic carbocycles. The van der Waals surface area contributed by atoms with Gasteiger partial charge in [-0.3, -0.25) is 9.78 Å². The van der Waals surface area contributed by atoms with Gasteiger partial charge in [0.05, 0.1) is 12.7 Å². The standard InChI is InChI=1S/C11H12BNO2/c1-7-9(2-3-11(12)13-7)10-6-8(14)4-5-15-10/h2-3,10H,4-6H2,1H3. The van der Waals surface area contributed by atoms with Crippen LogP contribution < -0.4 is 5.59 Å². The second-order valence-corrected chi connectivity index (χ2v) is 3.76. The molecule has 1 fully saturated rings. The highest BCUT2D eigenvalue weighted by Gasteiger charge is 2.23. The van der Waals surface area contributed by atoms with Crippen molar-refractivity contribution in [3.63, 3.8) is 0 Å². The molecule has 0 spiro atoms. The summed E-state index contributed by atoms with van der Waals surface area (Å²) in [4.78, 5) is 15.5. The van der Waals surface area contributed by atoms with Crippen LogP contribution in [0.15, 0.2) is 12.1 Å². The summed E-state index contributed by atoms with van der Waals surface area (Å²) >= 11 is 0. The van der Waals surface area contributed by atoms with Gasteiger partial charge in [-0.15, -0.1) is 0 Å². The summed E-state index contributed by atoms with van der Waals surface area (Å²) in [6.45, 7) is 2.39. The molecule has 76 valence electrons. The average Bonchev–Trinajstić information content (AvgIpc) is 2.17. The minimum absolute atomic E-state index is 0.139. The Morgan fingerprint density at radius 3 is 3.00 bits per heavy atom. The highest BCUT2D eigenvalue weighted by molar-refractivity contribution is 6.30. The second kappa shape index (κ2) is 4.15. The molecule has 1 aromatic heterocycles.